The second kappa shape index (κ2) is 2.31. The number of alkyl halides is 1. The van der Waals surface area contributed by atoms with Gasteiger partial charge < -0.3 is 10.4 Å². The van der Waals surface area contributed by atoms with Crippen molar-refractivity contribution in [2.24, 2.45) is 0 Å². The molecule has 0 bridgehead atoms. The monoisotopic (exact) mass is 133 g/mol. The van der Waals surface area contributed by atoms with E-state index < -0.39 is 18.2 Å². The average molecular weight is 133 g/mol. The first-order valence-electron chi connectivity index (χ1n) is 2.80. The molecule has 0 amide bonds. The fourth-order valence-corrected chi connectivity index (χ4v) is 0.881. The fourth-order valence-electron chi connectivity index (χ4n) is 0.881. The molecule has 0 aliphatic carbocycles. The van der Waals surface area contributed by atoms with Crippen LogP contribution in [-0.2, 0) is 4.79 Å². The second-order valence-corrected chi connectivity index (χ2v) is 2.13. The predicted molar refractivity (Wildman–Crippen MR) is 28.9 cm³/mol. The van der Waals surface area contributed by atoms with Gasteiger partial charge in [0.15, 0.2) is 0 Å². The second-order valence-electron chi connectivity index (χ2n) is 2.13. The van der Waals surface area contributed by atoms with Gasteiger partial charge in [0.25, 0.3) is 0 Å². The zero-order chi connectivity index (χ0) is 6.85. The van der Waals surface area contributed by atoms with Crippen LogP contribution in [0.4, 0.5) is 4.39 Å². The van der Waals surface area contributed by atoms with Crippen molar-refractivity contribution in [3.8, 4) is 0 Å². The molecule has 0 aromatic carbocycles. The summed E-state index contributed by atoms with van der Waals surface area (Å²) in [6.07, 6.45) is -0.874. The normalized spacial score (nSPS) is 34.8. The van der Waals surface area contributed by atoms with Gasteiger partial charge in [0.1, 0.15) is 12.2 Å². The Labute approximate surface area is 51.9 Å². The Morgan fingerprint density at radius 3 is 2.67 bits per heavy atom. The van der Waals surface area contributed by atoms with Crippen LogP contribution in [0.25, 0.3) is 0 Å². The van der Waals surface area contributed by atoms with E-state index in [1.807, 2.05) is 0 Å². The number of hydrogen-bond acceptors (Lipinski definition) is 2. The molecule has 1 saturated heterocycles. The van der Waals surface area contributed by atoms with Crippen LogP contribution in [0, 0.1) is 0 Å². The van der Waals surface area contributed by atoms with Crippen molar-refractivity contribution in [3.05, 3.63) is 0 Å². The molecule has 0 aromatic rings. The standard InChI is InChI=1S/C5H8FNO2/c6-3-1-4(5(8)9)7-2-3/h3-4,7H,1-2H2,(H,8,9)/t3?,4-/m0/s1. The third-order valence-electron chi connectivity index (χ3n) is 1.38. The molecule has 9 heavy (non-hydrogen) atoms. The summed E-state index contributed by atoms with van der Waals surface area (Å²) in [6, 6.07) is -0.667. The number of nitrogens with one attached hydrogen (secondary N) is 1. The summed E-state index contributed by atoms with van der Waals surface area (Å²) in [5.41, 5.74) is 0. The van der Waals surface area contributed by atoms with Crippen molar-refractivity contribution in [1.29, 1.82) is 0 Å². The highest BCUT2D eigenvalue weighted by Gasteiger charge is 2.28. The van der Waals surface area contributed by atoms with Gasteiger partial charge in [0.05, 0.1) is 0 Å². The first-order chi connectivity index (χ1) is 4.20. The summed E-state index contributed by atoms with van der Waals surface area (Å²) in [5.74, 6) is -0.963. The summed E-state index contributed by atoms with van der Waals surface area (Å²) < 4.78 is 12.2. The molecule has 1 heterocycles. The molecule has 1 aliphatic heterocycles. The topological polar surface area (TPSA) is 49.3 Å². The fraction of sp³-hybridized carbons (Fsp3) is 0.800. The molecule has 1 fully saturated rings. The Bertz CT molecular complexity index is 128. The lowest BCUT2D eigenvalue weighted by molar-refractivity contribution is -0.139. The maximum absolute atomic E-state index is 12.2. The molecule has 52 valence electrons. The maximum atomic E-state index is 12.2. The molecular weight excluding hydrogens is 125 g/mol. The van der Waals surface area contributed by atoms with Gasteiger partial charge in [-0.15, -0.1) is 0 Å². The number of aliphatic carboxylic acids is 1. The third-order valence-corrected chi connectivity index (χ3v) is 1.38. The van der Waals surface area contributed by atoms with Gasteiger partial charge in [-0.25, -0.2) is 4.39 Å². The number of carbonyl (C=O) groups is 1. The largest absolute Gasteiger partial charge is 0.480 e. The Morgan fingerprint density at radius 2 is 2.44 bits per heavy atom. The van der Waals surface area contributed by atoms with Gasteiger partial charge in [0, 0.05) is 13.0 Å². The molecule has 1 aliphatic rings. The van der Waals surface area contributed by atoms with E-state index in [0.717, 1.165) is 0 Å². The molecule has 0 saturated carbocycles. The first-order valence-corrected chi connectivity index (χ1v) is 2.80. The van der Waals surface area contributed by atoms with E-state index >= 15 is 0 Å². The lowest BCUT2D eigenvalue weighted by atomic mass is 10.2. The molecule has 1 unspecified atom stereocenters. The molecule has 2 N–H and O–H groups in total. The molecule has 0 aromatic heterocycles. The van der Waals surface area contributed by atoms with Gasteiger partial charge >= 0.3 is 5.97 Å². The minimum Gasteiger partial charge on any atom is -0.480 e. The highest BCUT2D eigenvalue weighted by Crippen LogP contribution is 2.09. The minimum absolute atomic E-state index is 0.106. The number of halogens is 1. The smallest absolute Gasteiger partial charge is 0.320 e. The van der Waals surface area contributed by atoms with Crippen LogP contribution < -0.4 is 5.32 Å². The highest BCUT2D eigenvalue weighted by atomic mass is 19.1. The average Bonchev–Trinajstić information content (AvgIpc) is 2.14. The van der Waals surface area contributed by atoms with Crippen LogP contribution in [0.2, 0.25) is 0 Å². The van der Waals surface area contributed by atoms with E-state index in [-0.39, 0.29) is 13.0 Å². The van der Waals surface area contributed by atoms with Crippen LogP contribution in [0.5, 0.6) is 0 Å². The minimum atomic E-state index is -0.980. The van der Waals surface area contributed by atoms with Crippen LogP contribution in [-0.4, -0.2) is 29.8 Å². The van der Waals surface area contributed by atoms with Gasteiger partial charge in [-0.2, -0.15) is 0 Å². The maximum Gasteiger partial charge on any atom is 0.320 e. The summed E-state index contributed by atoms with van der Waals surface area (Å²) in [7, 11) is 0. The summed E-state index contributed by atoms with van der Waals surface area (Å²) in [5, 5.41) is 10.8. The van der Waals surface area contributed by atoms with Crippen LogP contribution in [0.15, 0.2) is 0 Å². The zero-order valence-electron chi connectivity index (χ0n) is 4.80. The van der Waals surface area contributed by atoms with Crippen molar-refractivity contribution in [2.75, 3.05) is 6.54 Å². The van der Waals surface area contributed by atoms with Crippen LogP contribution >= 0.6 is 0 Å². The van der Waals surface area contributed by atoms with Crippen molar-refractivity contribution >= 4 is 5.97 Å². The molecule has 1 rings (SSSR count). The predicted octanol–water partition coefficient (Wildman–Crippen LogP) is -0.229. The van der Waals surface area contributed by atoms with Gasteiger partial charge in [-0.1, -0.05) is 0 Å². The summed E-state index contributed by atoms with van der Waals surface area (Å²) in [6.45, 7) is 0.178. The van der Waals surface area contributed by atoms with Crippen molar-refractivity contribution in [3.63, 3.8) is 0 Å². The number of hydrogen-bond donors (Lipinski definition) is 2. The van der Waals surface area contributed by atoms with Crippen LogP contribution in [0.1, 0.15) is 6.42 Å². The molecular formula is C5H8FNO2. The zero-order valence-corrected chi connectivity index (χ0v) is 4.80. The Kier molecular flexibility index (Phi) is 1.66. The number of carboxylic acids is 1. The van der Waals surface area contributed by atoms with E-state index in [9.17, 15) is 9.18 Å². The molecule has 3 nitrogen and oxygen atoms in total. The van der Waals surface area contributed by atoms with Crippen LogP contribution in [0.3, 0.4) is 0 Å². The van der Waals surface area contributed by atoms with E-state index in [1.165, 1.54) is 0 Å². The lowest BCUT2D eigenvalue weighted by Gasteiger charge is -1.99. The molecule has 0 spiro atoms. The van der Waals surface area contributed by atoms with E-state index in [2.05, 4.69) is 5.32 Å². The van der Waals surface area contributed by atoms with Gasteiger partial charge in [-0.05, 0) is 0 Å². The first kappa shape index (κ1) is 6.48. The lowest BCUT2D eigenvalue weighted by Crippen LogP contribution is -2.29. The summed E-state index contributed by atoms with van der Waals surface area (Å²) in [4.78, 5) is 10.1. The van der Waals surface area contributed by atoms with Crippen molar-refractivity contribution in [2.45, 2.75) is 18.6 Å². The van der Waals surface area contributed by atoms with E-state index in [1.54, 1.807) is 0 Å². The quantitative estimate of drug-likeness (QED) is 0.519. The summed E-state index contributed by atoms with van der Waals surface area (Å²) >= 11 is 0. The van der Waals surface area contributed by atoms with E-state index in [0.29, 0.717) is 0 Å². The molecule has 0 radical (unpaired) electrons. The Balaban J connectivity index is 2.39. The van der Waals surface area contributed by atoms with E-state index in [4.69, 9.17) is 5.11 Å². The SMILES string of the molecule is O=C(O)[C@@H]1CC(F)CN1. The Morgan fingerprint density at radius 1 is 1.78 bits per heavy atom. The number of carboxylic acid groups (broad SMARTS) is 1. The third kappa shape index (κ3) is 1.38. The molecule has 2 atom stereocenters. The highest BCUT2D eigenvalue weighted by molar-refractivity contribution is 5.73. The molecule has 4 heteroatoms. The van der Waals surface area contributed by atoms with Crippen molar-refractivity contribution in [1.82, 2.24) is 5.32 Å². The number of rotatable bonds is 1. The van der Waals surface area contributed by atoms with Crippen molar-refractivity contribution < 1.29 is 14.3 Å². The van der Waals surface area contributed by atoms with Gasteiger partial charge in [0.2, 0.25) is 0 Å². The Hall–Kier alpha value is -0.640. The van der Waals surface area contributed by atoms with Gasteiger partial charge in [-0.3, -0.25) is 4.79 Å².